The molecule has 0 saturated heterocycles. The van der Waals surface area contributed by atoms with Crippen LogP contribution in [0.15, 0.2) is 0 Å². The number of carbonyl (C=O) groups is 1. The predicted octanol–water partition coefficient (Wildman–Crippen LogP) is 0.631. The normalized spacial score (nSPS) is 12.7. The highest BCUT2D eigenvalue weighted by molar-refractivity contribution is 5.72. The van der Waals surface area contributed by atoms with E-state index in [0.29, 0.717) is 6.42 Å². The van der Waals surface area contributed by atoms with Crippen LogP contribution in [0.1, 0.15) is 33.1 Å². The Morgan fingerprint density at radius 2 is 2.30 bits per heavy atom. The number of aliphatic hydroxyl groups excluding tert-OH is 1. The summed E-state index contributed by atoms with van der Waals surface area (Å²) in [5.74, 6) is -0.177. The molecule has 1 amide bonds. The Labute approximate surface area is 61.4 Å². The molecule has 1 atom stereocenters. The zero-order valence-corrected chi connectivity index (χ0v) is 6.55. The second-order valence-corrected chi connectivity index (χ2v) is 2.36. The van der Waals surface area contributed by atoms with Crippen molar-refractivity contribution in [2.75, 3.05) is 0 Å². The molecule has 2 N–H and O–H groups in total. The van der Waals surface area contributed by atoms with Crippen LogP contribution in [0, 0.1) is 0 Å². The van der Waals surface area contributed by atoms with Crippen LogP contribution < -0.4 is 5.32 Å². The number of nitrogens with one attached hydrogen (secondary N) is 1. The molecule has 0 spiro atoms. The SMILES string of the molecule is CCCCC(O)NC(C)=O. The largest absolute Gasteiger partial charge is 0.374 e. The van der Waals surface area contributed by atoms with Crippen molar-refractivity contribution in [3.63, 3.8) is 0 Å². The first-order valence-electron chi connectivity index (χ1n) is 3.62. The van der Waals surface area contributed by atoms with Crippen molar-refractivity contribution < 1.29 is 9.90 Å². The van der Waals surface area contributed by atoms with Gasteiger partial charge in [-0.2, -0.15) is 0 Å². The molecule has 3 heteroatoms. The highest BCUT2D eigenvalue weighted by atomic mass is 16.3. The molecule has 0 aromatic heterocycles. The third-order valence-electron chi connectivity index (χ3n) is 1.20. The maximum atomic E-state index is 10.3. The van der Waals surface area contributed by atoms with Crippen LogP contribution in [0.2, 0.25) is 0 Å². The second-order valence-electron chi connectivity index (χ2n) is 2.36. The average molecular weight is 145 g/mol. The summed E-state index contributed by atoms with van der Waals surface area (Å²) in [6, 6.07) is 0. The van der Waals surface area contributed by atoms with E-state index in [1.54, 1.807) is 0 Å². The average Bonchev–Trinajstić information content (AvgIpc) is 1.82. The molecule has 60 valence electrons. The van der Waals surface area contributed by atoms with E-state index in [1.807, 2.05) is 6.92 Å². The summed E-state index contributed by atoms with van der Waals surface area (Å²) in [5, 5.41) is 11.4. The number of aliphatic hydroxyl groups is 1. The Morgan fingerprint density at radius 3 is 2.70 bits per heavy atom. The molecule has 0 saturated carbocycles. The number of carbonyl (C=O) groups excluding carboxylic acids is 1. The van der Waals surface area contributed by atoms with E-state index in [9.17, 15) is 4.79 Å². The minimum absolute atomic E-state index is 0.177. The highest BCUT2D eigenvalue weighted by Gasteiger charge is 2.02. The molecule has 0 aliphatic heterocycles. The third-order valence-corrected chi connectivity index (χ3v) is 1.20. The third kappa shape index (κ3) is 5.56. The molecule has 0 bridgehead atoms. The van der Waals surface area contributed by atoms with E-state index in [0.717, 1.165) is 12.8 Å². The first kappa shape index (κ1) is 9.43. The monoisotopic (exact) mass is 145 g/mol. The molecular formula is C7H15NO2. The summed E-state index contributed by atoms with van der Waals surface area (Å²) < 4.78 is 0. The van der Waals surface area contributed by atoms with Gasteiger partial charge in [-0.1, -0.05) is 13.3 Å². The van der Waals surface area contributed by atoms with Gasteiger partial charge >= 0.3 is 0 Å². The topological polar surface area (TPSA) is 49.3 Å². The highest BCUT2D eigenvalue weighted by Crippen LogP contribution is 1.96. The Kier molecular flexibility index (Phi) is 4.94. The summed E-state index contributed by atoms with van der Waals surface area (Å²) in [6.45, 7) is 3.44. The number of amides is 1. The lowest BCUT2D eigenvalue weighted by Crippen LogP contribution is -2.32. The zero-order chi connectivity index (χ0) is 7.98. The molecule has 0 heterocycles. The van der Waals surface area contributed by atoms with Crippen molar-refractivity contribution in [2.45, 2.75) is 39.3 Å². The van der Waals surface area contributed by atoms with Crippen molar-refractivity contribution in [3.8, 4) is 0 Å². The molecule has 0 radical (unpaired) electrons. The Hall–Kier alpha value is -0.570. The first-order valence-corrected chi connectivity index (χ1v) is 3.62. The van der Waals surface area contributed by atoms with Crippen LogP contribution in [0.5, 0.6) is 0 Å². The van der Waals surface area contributed by atoms with Crippen LogP contribution in [-0.4, -0.2) is 17.2 Å². The number of unbranched alkanes of at least 4 members (excludes halogenated alkanes) is 1. The van der Waals surface area contributed by atoms with Gasteiger partial charge in [0.05, 0.1) is 0 Å². The number of rotatable bonds is 4. The lowest BCUT2D eigenvalue weighted by Gasteiger charge is -2.09. The maximum Gasteiger partial charge on any atom is 0.218 e. The van der Waals surface area contributed by atoms with Gasteiger partial charge in [0, 0.05) is 6.92 Å². The predicted molar refractivity (Wildman–Crippen MR) is 39.3 cm³/mol. The van der Waals surface area contributed by atoms with Crippen molar-refractivity contribution in [1.29, 1.82) is 0 Å². The van der Waals surface area contributed by atoms with Gasteiger partial charge in [0.2, 0.25) is 5.91 Å². The van der Waals surface area contributed by atoms with Gasteiger partial charge in [-0.15, -0.1) is 0 Å². The fourth-order valence-corrected chi connectivity index (χ4v) is 0.704. The van der Waals surface area contributed by atoms with Crippen LogP contribution in [0.4, 0.5) is 0 Å². The summed E-state index contributed by atoms with van der Waals surface area (Å²) >= 11 is 0. The minimum Gasteiger partial charge on any atom is -0.374 e. The maximum absolute atomic E-state index is 10.3. The summed E-state index contributed by atoms with van der Waals surface area (Å²) in [5.41, 5.74) is 0. The van der Waals surface area contributed by atoms with Crippen LogP contribution in [-0.2, 0) is 4.79 Å². The molecule has 1 unspecified atom stereocenters. The zero-order valence-electron chi connectivity index (χ0n) is 6.55. The molecule has 0 aliphatic carbocycles. The van der Waals surface area contributed by atoms with Gasteiger partial charge < -0.3 is 10.4 Å². The molecule has 0 aromatic rings. The van der Waals surface area contributed by atoms with E-state index >= 15 is 0 Å². The van der Waals surface area contributed by atoms with Gasteiger partial charge in [-0.3, -0.25) is 4.79 Å². The second kappa shape index (κ2) is 5.23. The van der Waals surface area contributed by atoms with Crippen LogP contribution >= 0.6 is 0 Å². The van der Waals surface area contributed by atoms with Crippen molar-refractivity contribution in [3.05, 3.63) is 0 Å². The Morgan fingerprint density at radius 1 is 1.70 bits per heavy atom. The standard InChI is InChI=1S/C7H15NO2/c1-3-4-5-7(10)8-6(2)9/h7,10H,3-5H2,1-2H3,(H,8,9). The van der Waals surface area contributed by atoms with Gasteiger partial charge in [-0.25, -0.2) is 0 Å². The van der Waals surface area contributed by atoms with Crippen LogP contribution in [0.3, 0.4) is 0 Å². The number of hydrogen-bond acceptors (Lipinski definition) is 2. The Bertz CT molecular complexity index is 104. The molecule has 10 heavy (non-hydrogen) atoms. The Balaban J connectivity index is 3.25. The summed E-state index contributed by atoms with van der Waals surface area (Å²) in [7, 11) is 0. The van der Waals surface area contributed by atoms with E-state index < -0.39 is 6.23 Å². The van der Waals surface area contributed by atoms with Gasteiger partial charge in [-0.05, 0) is 12.8 Å². The lowest BCUT2D eigenvalue weighted by molar-refractivity contribution is -0.122. The first-order chi connectivity index (χ1) is 4.66. The molecular weight excluding hydrogens is 130 g/mol. The molecule has 0 fully saturated rings. The fourth-order valence-electron chi connectivity index (χ4n) is 0.704. The van der Waals surface area contributed by atoms with Crippen molar-refractivity contribution in [1.82, 2.24) is 5.32 Å². The molecule has 0 aliphatic rings. The summed E-state index contributed by atoms with van der Waals surface area (Å²) in [4.78, 5) is 10.3. The van der Waals surface area contributed by atoms with Crippen LogP contribution in [0.25, 0.3) is 0 Å². The van der Waals surface area contributed by atoms with E-state index in [4.69, 9.17) is 5.11 Å². The molecule has 0 rings (SSSR count). The number of hydrogen-bond donors (Lipinski definition) is 2. The van der Waals surface area contributed by atoms with E-state index in [1.165, 1.54) is 6.92 Å². The fraction of sp³-hybridized carbons (Fsp3) is 0.857. The van der Waals surface area contributed by atoms with E-state index in [-0.39, 0.29) is 5.91 Å². The van der Waals surface area contributed by atoms with Gasteiger partial charge in [0.25, 0.3) is 0 Å². The minimum atomic E-state index is -0.655. The lowest BCUT2D eigenvalue weighted by atomic mass is 10.2. The van der Waals surface area contributed by atoms with Crippen molar-refractivity contribution in [2.24, 2.45) is 0 Å². The summed E-state index contributed by atoms with van der Waals surface area (Å²) in [6.07, 6.45) is 1.98. The van der Waals surface area contributed by atoms with E-state index in [2.05, 4.69) is 5.32 Å². The van der Waals surface area contributed by atoms with Gasteiger partial charge in [0.15, 0.2) is 0 Å². The quantitative estimate of drug-likeness (QED) is 0.570. The molecule has 0 aromatic carbocycles. The molecule has 3 nitrogen and oxygen atoms in total. The van der Waals surface area contributed by atoms with Crippen molar-refractivity contribution >= 4 is 5.91 Å². The van der Waals surface area contributed by atoms with Gasteiger partial charge in [0.1, 0.15) is 6.23 Å². The smallest absolute Gasteiger partial charge is 0.218 e.